The van der Waals surface area contributed by atoms with Gasteiger partial charge in [0.25, 0.3) is 0 Å². The van der Waals surface area contributed by atoms with Crippen LogP contribution in [0.25, 0.3) is 109 Å². The lowest BCUT2D eigenvalue weighted by Gasteiger charge is -2.27. The molecule has 0 atom stereocenters. The largest absolute Gasteiger partial charge is 0.356 e. The molecule has 5 heteroatoms. The second-order valence-electron chi connectivity index (χ2n) is 31.6. The van der Waals surface area contributed by atoms with Gasteiger partial charge in [0.1, 0.15) is 0 Å². The van der Waals surface area contributed by atoms with Crippen molar-refractivity contribution in [1.29, 1.82) is 0 Å². The summed E-state index contributed by atoms with van der Waals surface area (Å²) in [5.74, 6) is 0. The van der Waals surface area contributed by atoms with Crippen molar-refractivity contribution in [2.45, 2.75) is 34.6 Å². The molecule has 0 bridgehead atoms. The van der Waals surface area contributed by atoms with Crippen molar-refractivity contribution < 1.29 is 0 Å². The Hall–Kier alpha value is -15.8. The summed E-state index contributed by atoms with van der Waals surface area (Å²) >= 11 is 0. The SMILES string of the molecule is Cc1ccc(-c2ccc(Nc3ccc4ccccc4c3)cc2)cc1.Cc1ccc(-c2ccc(Nc3cccc4cc5ccccc5cc34)cc2)cc1.Cc1ccc(-c2ccc(Nc3cccc4ccccc34)cc2)cc1.Cc1ccc(-c2ccc(Nc3ccccc3)cc2)cc1.Cc1ccccc1N(c1ccc2ccccc2c1)c1ccc2ccccc2c1. The average Bonchev–Trinajstić information content (AvgIpc) is 0.783. The lowest BCUT2D eigenvalue weighted by molar-refractivity contribution is 1.26. The van der Waals surface area contributed by atoms with Crippen LogP contribution in [0.1, 0.15) is 27.8 Å². The fraction of sp³-hybridized carbons (Fsp3) is 0.0420. The number of aryl methyl sites for hydroxylation is 5. The number of rotatable bonds is 15. The van der Waals surface area contributed by atoms with Crippen molar-refractivity contribution in [3.05, 3.63) is 501 Å². The van der Waals surface area contributed by atoms with Crippen molar-refractivity contribution in [3.63, 3.8) is 0 Å². The van der Waals surface area contributed by atoms with Gasteiger partial charge in [0.2, 0.25) is 0 Å². The Morgan fingerprint density at radius 2 is 0.444 bits per heavy atom. The molecule has 0 aliphatic heterocycles. The Labute approximate surface area is 728 Å². The van der Waals surface area contributed by atoms with Crippen LogP contribution >= 0.6 is 0 Å². The van der Waals surface area contributed by atoms with Gasteiger partial charge in [-0.1, -0.05) is 368 Å². The lowest BCUT2D eigenvalue weighted by atomic mass is 10.0. The van der Waals surface area contributed by atoms with Gasteiger partial charge in [0.05, 0.1) is 0 Å². The molecular weight excluding hydrogens is 1500 g/mol. The number of fused-ring (bicyclic) bond motifs is 6. The number of hydrogen-bond acceptors (Lipinski definition) is 5. The zero-order valence-electron chi connectivity index (χ0n) is 70.5. The van der Waals surface area contributed by atoms with Crippen LogP contribution in [-0.4, -0.2) is 0 Å². The number of para-hydroxylation sites is 2. The fourth-order valence-electron chi connectivity index (χ4n) is 15.7. The molecule has 0 saturated heterocycles. The van der Waals surface area contributed by atoms with Crippen molar-refractivity contribution >= 4 is 127 Å². The summed E-state index contributed by atoms with van der Waals surface area (Å²) in [5.41, 5.74) is 28.7. The molecule has 21 rings (SSSR count). The van der Waals surface area contributed by atoms with E-state index in [1.165, 1.54) is 154 Å². The summed E-state index contributed by atoms with van der Waals surface area (Å²) < 4.78 is 0. The normalized spacial score (nSPS) is 10.8. The summed E-state index contributed by atoms with van der Waals surface area (Å²) in [4.78, 5) is 2.36. The van der Waals surface area contributed by atoms with E-state index in [4.69, 9.17) is 0 Å². The molecule has 21 aromatic rings. The van der Waals surface area contributed by atoms with Gasteiger partial charge in [-0.05, 0) is 266 Å². The molecule has 0 aliphatic rings. The average molecular weight is 1600 g/mol. The summed E-state index contributed by atoms with van der Waals surface area (Å²) in [5, 5.41) is 29.0. The molecule has 21 aromatic carbocycles. The zero-order valence-corrected chi connectivity index (χ0v) is 70.5. The smallest absolute Gasteiger partial charge is 0.0490 e. The minimum absolute atomic E-state index is 1.09. The van der Waals surface area contributed by atoms with E-state index in [1.54, 1.807) is 0 Å². The van der Waals surface area contributed by atoms with Crippen LogP contribution in [0.5, 0.6) is 0 Å². The summed E-state index contributed by atoms with van der Waals surface area (Å²) in [6.45, 7) is 10.6. The Morgan fingerprint density at radius 3 is 0.863 bits per heavy atom. The van der Waals surface area contributed by atoms with Gasteiger partial charge in [-0.3, -0.25) is 0 Å². The molecule has 0 amide bonds. The standard InChI is InChI=1S/2C27H21N.2C23H19N.C19H17N/c1-20-8-2-7-13-27(20)28(25-16-14-21-9-3-5-11-23(21)18-25)26-17-15-22-10-4-6-12-24(22)19-26;1-19-9-11-20(12-10-19)21-13-15-25(16-14-21)28-27-8-4-7-24-17-22-5-2-3-6-23(22)18-26(24)27;1-17-9-11-18(12-10-17)19-13-15-21(16-14-19)24-23-8-4-6-20-5-2-3-7-22(20)23;1-17-6-8-19(9-7-17)20-10-13-22(14-11-20)24-23-15-12-18-4-2-3-5-21(18)16-23;1-15-7-9-16(10-8-15)17-11-13-19(14-12-17)20-18-5-3-2-4-6-18/h2-19H,1H3;2-18,28H,1H3;2*2-16,24H,1H3;2-14,20H,1H3. The van der Waals surface area contributed by atoms with Gasteiger partial charge < -0.3 is 26.2 Å². The van der Waals surface area contributed by atoms with Crippen LogP contribution in [0.4, 0.5) is 62.6 Å². The number of benzene rings is 21. The molecule has 0 fully saturated rings. The highest BCUT2D eigenvalue weighted by Gasteiger charge is 2.17. The molecule has 5 nitrogen and oxygen atoms in total. The molecule has 0 aliphatic carbocycles. The summed E-state index contributed by atoms with van der Waals surface area (Å²) in [6, 6.07) is 167. The number of nitrogens with one attached hydrogen (secondary N) is 4. The highest BCUT2D eigenvalue weighted by Crippen LogP contribution is 2.41. The van der Waals surface area contributed by atoms with E-state index >= 15 is 0 Å². The molecule has 124 heavy (non-hydrogen) atoms. The molecule has 0 saturated carbocycles. The van der Waals surface area contributed by atoms with Crippen LogP contribution in [0, 0.1) is 34.6 Å². The fourth-order valence-corrected chi connectivity index (χ4v) is 15.7. The van der Waals surface area contributed by atoms with Gasteiger partial charge in [-0.15, -0.1) is 0 Å². The van der Waals surface area contributed by atoms with Crippen LogP contribution in [0.15, 0.2) is 473 Å². The second kappa shape index (κ2) is 38.5. The van der Waals surface area contributed by atoms with E-state index in [0.29, 0.717) is 0 Å². The quantitative estimate of drug-likeness (QED) is 0.0771. The topological polar surface area (TPSA) is 51.4 Å². The Morgan fingerprint density at radius 1 is 0.161 bits per heavy atom. The van der Waals surface area contributed by atoms with Gasteiger partial charge in [-0.25, -0.2) is 0 Å². The van der Waals surface area contributed by atoms with E-state index in [1.807, 2.05) is 18.2 Å². The molecule has 598 valence electrons. The maximum absolute atomic E-state index is 3.60. The first-order valence-corrected chi connectivity index (χ1v) is 42.5. The first-order valence-electron chi connectivity index (χ1n) is 42.5. The van der Waals surface area contributed by atoms with Crippen molar-refractivity contribution in [3.8, 4) is 44.5 Å². The monoisotopic (exact) mass is 1600 g/mol. The number of anilines is 11. The predicted molar refractivity (Wildman–Crippen MR) is 536 cm³/mol. The van der Waals surface area contributed by atoms with Crippen LogP contribution in [0.2, 0.25) is 0 Å². The predicted octanol–water partition coefficient (Wildman–Crippen LogP) is 34.0. The third-order valence-corrected chi connectivity index (χ3v) is 22.6. The van der Waals surface area contributed by atoms with Crippen LogP contribution < -0.4 is 26.2 Å². The molecule has 0 spiro atoms. The summed E-state index contributed by atoms with van der Waals surface area (Å²) in [7, 11) is 0. The maximum Gasteiger partial charge on any atom is 0.0490 e. The first kappa shape index (κ1) is 80.6. The zero-order chi connectivity index (χ0) is 84.3. The Kier molecular flexibility index (Phi) is 25.0. The Bertz CT molecular complexity index is 7060. The maximum atomic E-state index is 3.60. The lowest BCUT2D eigenvalue weighted by Crippen LogP contribution is -2.11. The third-order valence-electron chi connectivity index (χ3n) is 22.6. The third kappa shape index (κ3) is 20.2. The number of nitrogens with zero attached hydrogens (tertiary/aromatic N) is 1. The second-order valence-corrected chi connectivity index (χ2v) is 31.6. The minimum atomic E-state index is 1.09. The molecule has 0 heterocycles. The Balaban J connectivity index is 0.000000110. The molecule has 0 unspecified atom stereocenters. The van der Waals surface area contributed by atoms with E-state index in [0.717, 1.165) is 45.5 Å². The molecule has 0 radical (unpaired) electrons. The van der Waals surface area contributed by atoms with E-state index in [9.17, 15) is 0 Å². The number of hydrogen-bond donors (Lipinski definition) is 4. The van der Waals surface area contributed by atoms with E-state index < -0.39 is 0 Å². The highest BCUT2D eigenvalue weighted by atomic mass is 15.1. The minimum Gasteiger partial charge on any atom is -0.356 e. The highest BCUT2D eigenvalue weighted by molar-refractivity contribution is 6.05. The van der Waals surface area contributed by atoms with Crippen LogP contribution in [-0.2, 0) is 0 Å². The van der Waals surface area contributed by atoms with Crippen LogP contribution in [0.3, 0.4) is 0 Å². The van der Waals surface area contributed by atoms with Gasteiger partial charge in [-0.2, -0.15) is 0 Å². The van der Waals surface area contributed by atoms with Gasteiger partial charge in [0.15, 0.2) is 0 Å². The van der Waals surface area contributed by atoms with Crippen molar-refractivity contribution in [2.75, 3.05) is 26.2 Å². The molecule has 0 aromatic heterocycles. The molecular formula is C119H97N5. The van der Waals surface area contributed by atoms with Crippen molar-refractivity contribution in [2.24, 2.45) is 0 Å². The summed E-state index contributed by atoms with van der Waals surface area (Å²) in [6.07, 6.45) is 0. The van der Waals surface area contributed by atoms with E-state index in [2.05, 4.69) is 516 Å². The van der Waals surface area contributed by atoms with Crippen molar-refractivity contribution in [1.82, 2.24) is 0 Å². The van der Waals surface area contributed by atoms with Gasteiger partial charge >= 0.3 is 0 Å². The van der Waals surface area contributed by atoms with E-state index in [-0.39, 0.29) is 0 Å². The van der Waals surface area contributed by atoms with Gasteiger partial charge in [0, 0.05) is 73.3 Å². The first-order chi connectivity index (χ1) is 60.9. The molecule has 4 N–H and O–H groups in total.